The molecule has 4 rings (SSSR count). The van der Waals surface area contributed by atoms with Crippen molar-refractivity contribution in [3.05, 3.63) is 66.1 Å². The molecule has 1 saturated heterocycles. The number of aromatic nitrogens is 4. The van der Waals surface area contributed by atoms with Crippen LogP contribution in [-0.2, 0) is 0 Å². The van der Waals surface area contributed by atoms with Crippen molar-refractivity contribution < 1.29 is 4.79 Å². The van der Waals surface area contributed by atoms with Gasteiger partial charge in [-0.3, -0.25) is 9.78 Å². The fourth-order valence-electron chi connectivity index (χ4n) is 3.41. The van der Waals surface area contributed by atoms with Crippen molar-refractivity contribution in [2.24, 2.45) is 0 Å². The smallest absolute Gasteiger partial charge is 0.253 e. The Morgan fingerprint density at radius 2 is 1.71 bits per heavy atom. The Labute approximate surface area is 164 Å². The number of hydrogen-bond donors (Lipinski definition) is 0. The van der Waals surface area contributed by atoms with Crippen LogP contribution in [0.15, 0.2) is 49.2 Å². The molecule has 0 radical (unpaired) electrons. The second-order valence-electron chi connectivity index (χ2n) is 6.91. The van der Waals surface area contributed by atoms with E-state index in [1.54, 1.807) is 18.6 Å². The molecule has 0 bridgehead atoms. The summed E-state index contributed by atoms with van der Waals surface area (Å²) in [5, 5.41) is 0. The van der Waals surface area contributed by atoms with Gasteiger partial charge in [0.25, 0.3) is 5.91 Å². The highest BCUT2D eigenvalue weighted by Crippen LogP contribution is 2.21. The molecule has 0 aliphatic carbocycles. The quantitative estimate of drug-likeness (QED) is 0.701. The fraction of sp³-hybridized carbons (Fsp3) is 0.286. The Hall–Kier alpha value is -3.35. The summed E-state index contributed by atoms with van der Waals surface area (Å²) in [6.45, 7) is 6.73. The molecule has 0 unspecified atom stereocenters. The van der Waals surface area contributed by atoms with Gasteiger partial charge in [-0.25, -0.2) is 15.0 Å². The van der Waals surface area contributed by atoms with Crippen molar-refractivity contribution in [2.45, 2.75) is 13.8 Å². The average Bonchev–Trinajstić information content (AvgIpc) is 2.76. The lowest BCUT2D eigenvalue weighted by Crippen LogP contribution is -2.49. The van der Waals surface area contributed by atoms with Crippen molar-refractivity contribution in [3.8, 4) is 11.1 Å². The Morgan fingerprint density at radius 3 is 2.46 bits per heavy atom. The maximum atomic E-state index is 13.0. The lowest BCUT2D eigenvalue weighted by molar-refractivity contribution is 0.0746. The standard InChI is InChI=1S/C21H22N6O/c1-15-11-24-16(2)20(25-15)26-6-8-27(9-7-26)21(28)18-5-3-4-17(10-18)19-12-22-14-23-13-19/h3-5,10-14H,6-9H2,1-2H3. The van der Waals surface area contributed by atoms with Gasteiger partial charge in [-0.15, -0.1) is 0 Å². The first-order valence-corrected chi connectivity index (χ1v) is 9.32. The molecule has 1 amide bonds. The molecule has 1 fully saturated rings. The molecule has 0 saturated carbocycles. The van der Waals surface area contributed by atoms with Gasteiger partial charge in [0, 0.05) is 55.9 Å². The molecule has 7 nitrogen and oxygen atoms in total. The number of amides is 1. The summed E-state index contributed by atoms with van der Waals surface area (Å²) in [4.78, 5) is 34.2. The van der Waals surface area contributed by atoms with Gasteiger partial charge in [0.15, 0.2) is 0 Å². The zero-order valence-electron chi connectivity index (χ0n) is 16.0. The lowest BCUT2D eigenvalue weighted by atomic mass is 10.0. The first kappa shape index (κ1) is 18.0. The molecular weight excluding hydrogens is 352 g/mol. The van der Waals surface area contributed by atoms with E-state index in [0.717, 1.165) is 41.4 Å². The summed E-state index contributed by atoms with van der Waals surface area (Å²) in [6.07, 6.45) is 6.78. The van der Waals surface area contributed by atoms with Crippen LogP contribution in [0.5, 0.6) is 0 Å². The van der Waals surface area contributed by atoms with Gasteiger partial charge in [-0.1, -0.05) is 12.1 Å². The number of piperazine rings is 1. The van der Waals surface area contributed by atoms with Crippen LogP contribution in [0.1, 0.15) is 21.7 Å². The van der Waals surface area contributed by atoms with Gasteiger partial charge < -0.3 is 9.80 Å². The maximum absolute atomic E-state index is 13.0. The third-order valence-corrected chi connectivity index (χ3v) is 4.92. The Balaban J connectivity index is 1.47. The van der Waals surface area contributed by atoms with E-state index >= 15 is 0 Å². The van der Waals surface area contributed by atoms with Crippen LogP contribution in [0.2, 0.25) is 0 Å². The van der Waals surface area contributed by atoms with Gasteiger partial charge in [-0.2, -0.15) is 0 Å². The van der Waals surface area contributed by atoms with E-state index in [9.17, 15) is 4.79 Å². The number of anilines is 1. The van der Waals surface area contributed by atoms with Crippen molar-refractivity contribution in [3.63, 3.8) is 0 Å². The van der Waals surface area contributed by atoms with Crippen LogP contribution in [0, 0.1) is 13.8 Å². The lowest BCUT2D eigenvalue weighted by Gasteiger charge is -2.36. The van der Waals surface area contributed by atoms with Gasteiger partial charge in [0.05, 0.1) is 11.4 Å². The Morgan fingerprint density at radius 1 is 0.964 bits per heavy atom. The van der Waals surface area contributed by atoms with E-state index in [4.69, 9.17) is 0 Å². The minimum Gasteiger partial charge on any atom is -0.352 e. The van der Waals surface area contributed by atoms with Crippen LogP contribution in [0.25, 0.3) is 11.1 Å². The SMILES string of the molecule is Cc1cnc(C)c(N2CCN(C(=O)c3cccc(-c4cncnc4)c3)CC2)n1. The van der Waals surface area contributed by atoms with E-state index in [1.165, 1.54) is 6.33 Å². The average molecular weight is 374 g/mol. The fourth-order valence-corrected chi connectivity index (χ4v) is 3.41. The molecular formula is C21H22N6O. The Bertz CT molecular complexity index is 983. The highest BCUT2D eigenvalue weighted by Gasteiger charge is 2.24. The number of hydrogen-bond acceptors (Lipinski definition) is 6. The number of nitrogens with zero attached hydrogens (tertiary/aromatic N) is 6. The summed E-state index contributed by atoms with van der Waals surface area (Å²) >= 11 is 0. The number of carbonyl (C=O) groups is 1. The van der Waals surface area contributed by atoms with Crippen LogP contribution >= 0.6 is 0 Å². The van der Waals surface area contributed by atoms with Crippen LogP contribution in [0.3, 0.4) is 0 Å². The van der Waals surface area contributed by atoms with Gasteiger partial charge in [0.2, 0.25) is 0 Å². The highest BCUT2D eigenvalue weighted by atomic mass is 16.2. The maximum Gasteiger partial charge on any atom is 0.253 e. The van der Waals surface area contributed by atoms with E-state index in [-0.39, 0.29) is 5.91 Å². The Kier molecular flexibility index (Phi) is 4.97. The molecule has 1 aliphatic heterocycles. The molecule has 0 atom stereocenters. The number of carbonyl (C=O) groups excluding carboxylic acids is 1. The number of aryl methyl sites for hydroxylation is 2. The summed E-state index contributed by atoms with van der Waals surface area (Å²) in [5.41, 5.74) is 4.34. The summed E-state index contributed by atoms with van der Waals surface area (Å²) < 4.78 is 0. The minimum absolute atomic E-state index is 0.0467. The predicted molar refractivity (Wildman–Crippen MR) is 107 cm³/mol. The molecule has 1 aliphatic rings. The molecule has 28 heavy (non-hydrogen) atoms. The largest absolute Gasteiger partial charge is 0.352 e. The van der Waals surface area contributed by atoms with E-state index in [0.29, 0.717) is 18.7 Å². The highest BCUT2D eigenvalue weighted by molar-refractivity contribution is 5.95. The van der Waals surface area contributed by atoms with E-state index in [2.05, 4.69) is 24.8 Å². The summed E-state index contributed by atoms with van der Waals surface area (Å²) in [7, 11) is 0. The second kappa shape index (κ2) is 7.72. The number of rotatable bonds is 3. The molecule has 0 N–H and O–H groups in total. The zero-order chi connectivity index (χ0) is 19.5. The van der Waals surface area contributed by atoms with Crippen LogP contribution < -0.4 is 4.90 Å². The molecule has 0 spiro atoms. The zero-order valence-corrected chi connectivity index (χ0v) is 16.0. The molecule has 3 aromatic rings. The third kappa shape index (κ3) is 3.69. The second-order valence-corrected chi connectivity index (χ2v) is 6.91. The van der Waals surface area contributed by atoms with Crippen molar-refractivity contribution >= 4 is 11.7 Å². The molecule has 2 aromatic heterocycles. The minimum atomic E-state index is 0.0467. The molecule has 142 valence electrons. The van der Waals surface area contributed by atoms with Gasteiger partial charge >= 0.3 is 0 Å². The summed E-state index contributed by atoms with van der Waals surface area (Å²) in [5.74, 6) is 0.962. The van der Waals surface area contributed by atoms with Crippen molar-refractivity contribution in [1.29, 1.82) is 0 Å². The van der Waals surface area contributed by atoms with E-state index in [1.807, 2.05) is 43.0 Å². The summed E-state index contributed by atoms with van der Waals surface area (Å²) in [6, 6.07) is 7.63. The first-order chi connectivity index (χ1) is 13.6. The van der Waals surface area contributed by atoms with Crippen LogP contribution in [0.4, 0.5) is 5.82 Å². The topological polar surface area (TPSA) is 75.1 Å². The molecule has 7 heteroatoms. The predicted octanol–water partition coefficient (Wildman–Crippen LogP) is 2.51. The van der Waals surface area contributed by atoms with E-state index < -0.39 is 0 Å². The first-order valence-electron chi connectivity index (χ1n) is 9.32. The van der Waals surface area contributed by atoms with Gasteiger partial charge in [-0.05, 0) is 31.5 Å². The third-order valence-electron chi connectivity index (χ3n) is 4.92. The van der Waals surface area contributed by atoms with Crippen molar-refractivity contribution in [2.75, 3.05) is 31.1 Å². The van der Waals surface area contributed by atoms with Crippen LogP contribution in [-0.4, -0.2) is 56.9 Å². The molecule has 3 heterocycles. The monoisotopic (exact) mass is 374 g/mol. The number of benzene rings is 1. The normalized spacial score (nSPS) is 14.2. The van der Waals surface area contributed by atoms with Gasteiger partial charge in [0.1, 0.15) is 12.1 Å². The molecule has 1 aromatic carbocycles. The van der Waals surface area contributed by atoms with Crippen molar-refractivity contribution in [1.82, 2.24) is 24.8 Å².